The van der Waals surface area contributed by atoms with Gasteiger partial charge in [0.25, 0.3) is 0 Å². The Hall–Kier alpha value is -1.83. The quantitative estimate of drug-likeness (QED) is 0.707. The Morgan fingerprint density at radius 3 is 3.06 bits per heavy atom. The summed E-state index contributed by atoms with van der Waals surface area (Å²) in [5.41, 5.74) is 3.53. The molecular formula is C14H14O2. The Morgan fingerprint density at radius 1 is 1.38 bits per heavy atom. The molecule has 0 saturated carbocycles. The first-order chi connectivity index (χ1) is 7.77. The van der Waals surface area contributed by atoms with E-state index >= 15 is 0 Å². The largest absolute Gasteiger partial charge is 0.461 e. The van der Waals surface area contributed by atoms with Crippen LogP contribution in [0.15, 0.2) is 36.4 Å². The summed E-state index contributed by atoms with van der Waals surface area (Å²) >= 11 is 0. The van der Waals surface area contributed by atoms with Gasteiger partial charge in [-0.25, -0.2) is 0 Å². The van der Waals surface area contributed by atoms with Crippen molar-refractivity contribution in [2.75, 3.05) is 0 Å². The van der Waals surface area contributed by atoms with E-state index in [1.165, 1.54) is 18.1 Å². The normalized spacial score (nSPS) is 13.1. The van der Waals surface area contributed by atoms with E-state index in [0.717, 1.165) is 12.0 Å². The van der Waals surface area contributed by atoms with Crippen LogP contribution in [0.1, 0.15) is 23.6 Å². The number of esters is 1. The molecule has 0 fully saturated rings. The maximum atomic E-state index is 10.8. The van der Waals surface area contributed by atoms with Crippen molar-refractivity contribution in [1.29, 1.82) is 0 Å². The Balaban J connectivity index is 2.29. The van der Waals surface area contributed by atoms with Gasteiger partial charge in [-0.3, -0.25) is 4.79 Å². The SMILES string of the molecule is CC(=O)OCc1cccc2c1CC=CC=C2. The molecule has 0 amide bonds. The van der Waals surface area contributed by atoms with Gasteiger partial charge in [0.05, 0.1) is 0 Å². The third-order valence-corrected chi connectivity index (χ3v) is 2.59. The molecule has 2 rings (SSSR count). The standard InChI is InChI=1S/C14H14O2/c1-11(15)16-10-13-8-5-7-12-6-3-2-4-9-14(12)13/h2-8H,9-10H2,1H3. The molecule has 0 unspecified atom stereocenters. The number of carbonyl (C=O) groups excluding carboxylic acids is 1. The molecule has 1 aromatic carbocycles. The Bertz CT molecular complexity index is 456. The molecule has 0 bridgehead atoms. The summed E-state index contributed by atoms with van der Waals surface area (Å²) in [6.07, 6.45) is 9.15. The fourth-order valence-corrected chi connectivity index (χ4v) is 1.80. The van der Waals surface area contributed by atoms with Crippen molar-refractivity contribution >= 4 is 12.0 Å². The Labute approximate surface area is 95.2 Å². The van der Waals surface area contributed by atoms with E-state index in [1.807, 2.05) is 24.3 Å². The monoisotopic (exact) mass is 214 g/mol. The lowest BCUT2D eigenvalue weighted by atomic mass is 9.99. The van der Waals surface area contributed by atoms with Gasteiger partial charge in [0.2, 0.25) is 0 Å². The molecule has 0 aliphatic heterocycles. The van der Waals surface area contributed by atoms with Gasteiger partial charge < -0.3 is 4.74 Å². The highest BCUT2D eigenvalue weighted by Gasteiger charge is 2.07. The minimum absolute atomic E-state index is 0.239. The summed E-state index contributed by atoms with van der Waals surface area (Å²) in [5.74, 6) is -0.239. The lowest BCUT2D eigenvalue weighted by molar-refractivity contribution is -0.142. The fraction of sp³-hybridized carbons (Fsp3) is 0.214. The molecule has 0 saturated heterocycles. The van der Waals surface area contributed by atoms with E-state index in [1.54, 1.807) is 0 Å². The molecule has 16 heavy (non-hydrogen) atoms. The molecular weight excluding hydrogens is 200 g/mol. The zero-order valence-electron chi connectivity index (χ0n) is 9.27. The van der Waals surface area contributed by atoms with Crippen molar-refractivity contribution in [1.82, 2.24) is 0 Å². The number of benzene rings is 1. The smallest absolute Gasteiger partial charge is 0.302 e. The van der Waals surface area contributed by atoms with Gasteiger partial charge >= 0.3 is 5.97 Å². The number of fused-ring (bicyclic) bond motifs is 1. The van der Waals surface area contributed by atoms with Crippen molar-refractivity contribution in [2.45, 2.75) is 20.0 Å². The molecule has 2 nitrogen and oxygen atoms in total. The van der Waals surface area contributed by atoms with Gasteiger partial charge in [-0.1, -0.05) is 42.5 Å². The minimum Gasteiger partial charge on any atom is -0.461 e. The molecule has 0 radical (unpaired) electrons. The molecule has 0 aromatic heterocycles. The maximum Gasteiger partial charge on any atom is 0.302 e. The van der Waals surface area contributed by atoms with Crippen molar-refractivity contribution in [3.63, 3.8) is 0 Å². The van der Waals surface area contributed by atoms with Crippen molar-refractivity contribution in [3.05, 3.63) is 53.1 Å². The molecule has 1 aliphatic rings. The molecule has 0 atom stereocenters. The van der Waals surface area contributed by atoms with Gasteiger partial charge in [-0.15, -0.1) is 0 Å². The van der Waals surface area contributed by atoms with Crippen molar-refractivity contribution < 1.29 is 9.53 Å². The van der Waals surface area contributed by atoms with Crippen LogP contribution in [-0.4, -0.2) is 5.97 Å². The maximum absolute atomic E-state index is 10.8. The van der Waals surface area contributed by atoms with E-state index in [2.05, 4.69) is 18.2 Å². The summed E-state index contributed by atoms with van der Waals surface area (Å²) < 4.78 is 5.05. The van der Waals surface area contributed by atoms with Crippen LogP contribution in [0.2, 0.25) is 0 Å². The van der Waals surface area contributed by atoms with Crippen LogP contribution in [-0.2, 0) is 22.6 Å². The fourth-order valence-electron chi connectivity index (χ4n) is 1.80. The van der Waals surface area contributed by atoms with Gasteiger partial charge in [0, 0.05) is 6.92 Å². The molecule has 1 aromatic rings. The highest BCUT2D eigenvalue weighted by atomic mass is 16.5. The molecule has 0 spiro atoms. The summed E-state index contributed by atoms with van der Waals surface area (Å²) in [5, 5.41) is 0. The Morgan fingerprint density at radius 2 is 2.25 bits per heavy atom. The molecule has 2 heteroatoms. The first-order valence-corrected chi connectivity index (χ1v) is 5.34. The summed E-state index contributed by atoms with van der Waals surface area (Å²) in [7, 11) is 0. The van der Waals surface area contributed by atoms with E-state index < -0.39 is 0 Å². The van der Waals surface area contributed by atoms with Crippen LogP contribution in [0.4, 0.5) is 0 Å². The second-order valence-corrected chi connectivity index (χ2v) is 3.76. The number of carbonyl (C=O) groups is 1. The topological polar surface area (TPSA) is 26.3 Å². The van der Waals surface area contributed by atoms with Gasteiger partial charge in [-0.2, -0.15) is 0 Å². The van der Waals surface area contributed by atoms with E-state index in [-0.39, 0.29) is 5.97 Å². The number of hydrogen-bond acceptors (Lipinski definition) is 2. The number of ether oxygens (including phenoxy) is 1. The van der Waals surface area contributed by atoms with Crippen LogP contribution in [0, 0.1) is 0 Å². The third kappa shape index (κ3) is 2.40. The average Bonchev–Trinajstić information content (AvgIpc) is 2.51. The number of rotatable bonds is 2. The van der Waals surface area contributed by atoms with Gasteiger partial charge in [0.15, 0.2) is 0 Å². The zero-order chi connectivity index (χ0) is 11.4. The van der Waals surface area contributed by atoms with Crippen LogP contribution >= 0.6 is 0 Å². The lowest BCUT2D eigenvalue weighted by Crippen LogP contribution is -2.02. The number of allylic oxidation sites excluding steroid dienone is 3. The molecule has 1 aliphatic carbocycles. The average molecular weight is 214 g/mol. The van der Waals surface area contributed by atoms with Crippen LogP contribution < -0.4 is 0 Å². The molecule has 82 valence electrons. The van der Waals surface area contributed by atoms with Crippen molar-refractivity contribution in [3.8, 4) is 0 Å². The van der Waals surface area contributed by atoms with E-state index in [4.69, 9.17) is 4.74 Å². The van der Waals surface area contributed by atoms with E-state index in [0.29, 0.717) is 6.61 Å². The predicted octanol–water partition coefficient (Wildman–Crippen LogP) is 2.88. The Kier molecular flexibility index (Phi) is 3.20. The van der Waals surface area contributed by atoms with Crippen LogP contribution in [0.5, 0.6) is 0 Å². The summed E-state index contributed by atoms with van der Waals surface area (Å²) in [4.78, 5) is 10.8. The third-order valence-electron chi connectivity index (χ3n) is 2.59. The highest BCUT2D eigenvalue weighted by molar-refractivity contribution is 5.66. The lowest BCUT2D eigenvalue weighted by Gasteiger charge is -2.10. The summed E-state index contributed by atoms with van der Waals surface area (Å²) in [6, 6.07) is 6.08. The van der Waals surface area contributed by atoms with Crippen LogP contribution in [0.3, 0.4) is 0 Å². The summed E-state index contributed by atoms with van der Waals surface area (Å²) in [6.45, 7) is 1.79. The van der Waals surface area contributed by atoms with Crippen LogP contribution in [0.25, 0.3) is 6.08 Å². The van der Waals surface area contributed by atoms with Gasteiger partial charge in [0.1, 0.15) is 6.61 Å². The molecule has 0 N–H and O–H groups in total. The second kappa shape index (κ2) is 4.79. The number of hydrogen-bond donors (Lipinski definition) is 0. The zero-order valence-corrected chi connectivity index (χ0v) is 9.27. The van der Waals surface area contributed by atoms with E-state index in [9.17, 15) is 4.79 Å². The molecule has 0 heterocycles. The first kappa shape index (κ1) is 10.7. The second-order valence-electron chi connectivity index (χ2n) is 3.76. The van der Waals surface area contributed by atoms with Crippen molar-refractivity contribution in [2.24, 2.45) is 0 Å². The minimum atomic E-state index is -0.239. The van der Waals surface area contributed by atoms with Gasteiger partial charge in [-0.05, 0) is 23.1 Å². The highest BCUT2D eigenvalue weighted by Crippen LogP contribution is 2.20. The predicted molar refractivity (Wildman–Crippen MR) is 63.8 cm³/mol. The first-order valence-electron chi connectivity index (χ1n) is 5.34.